The monoisotopic (exact) mass is 254 g/mol. The first-order valence-corrected chi connectivity index (χ1v) is 7.48. The predicted molar refractivity (Wildman–Crippen MR) is 77.0 cm³/mol. The zero-order valence-corrected chi connectivity index (χ0v) is 12.4. The minimum atomic E-state index is 0.746. The van der Waals surface area contributed by atoms with Crippen molar-refractivity contribution < 1.29 is 0 Å². The van der Waals surface area contributed by atoms with Gasteiger partial charge in [-0.2, -0.15) is 0 Å². The van der Waals surface area contributed by atoms with Crippen LogP contribution in [0.1, 0.15) is 13.3 Å². The van der Waals surface area contributed by atoms with Gasteiger partial charge in [-0.25, -0.2) is 0 Å². The third kappa shape index (κ3) is 3.92. The summed E-state index contributed by atoms with van der Waals surface area (Å²) in [6.07, 6.45) is 1.30. The van der Waals surface area contributed by atoms with Crippen molar-refractivity contribution in [1.29, 1.82) is 0 Å². The van der Waals surface area contributed by atoms with E-state index in [2.05, 4.69) is 41.0 Å². The summed E-state index contributed by atoms with van der Waals surface area (Å²) in [7, 11) is 4.43. The van der Waals surface area contributed by atoms with E-state index in [-0.39, 0.29) is 0 Å². The Bertz CT molecular complexity index is 236. The lowest BCUT2D eigenvalue weighted by molar-refractivity contribution is 0.220. The fourth-order valence-corrected chi connectivity index (χ4v) is 3.31. The number of hydrogen-bond donors (Lipinski definition) is 1. The lowest BCUT2D eigenvalue weighted by Crippen LogP contribution is -2.38. The Hall–Kier alpha value is -0.160. The molecule has 2 saturated heterocycles. The molecule has 0 saturated carbocycles. The summed E-state index contributed by atoms with van der Waals surface area (Å²) in [5.74, 6) is 0.811. The fourth-order valence-electron chi connectivity index (χ4n) is 3.31. The number of rotatable bonds is 4. The summed E-state index contributed by atoms with van der Waals surface area (Å²) in [4.78, 5) is 7.65. The second kappa shape index (κ2) is 6.85. The highest BCUT2D eigenvalue weighted by Crippen LogP contribution is 2.19. The van der Waals surface area contributed by atoms with Crippen LogP contribution in [0.3, 0.4) is 0 Å². The van der Waals surface area contributed by atoms with E-state index in [4.69, 9.17) is 0 Å². The van der Waals surface area contributed by atoms with Crippen molar-refractivity contribution in [3.05, 3.63) is 0 Å². The molecule has 2 atom stereocenters. The summed E-state index contributed by atoms with van der Waals surface area (Å²) in [5.41, 5.74) is 0. The van der Waals surface area contributed by atoms with Gasteiger partial charge in [0.05, 0.1) is 0 Å². The summed E-state index contributed by atoms with van der Waals surface area (Å²) >= 11 is 0. The van der Waals surface area contributed by atoms with E-state index in [1.165, 1.54) is 52.2 Å². The summed E-state index contributed by atoms with van der Waals surface area (Å²) in [5, 5.41) is 3.47. The average Bonchev–Trinajstić information content (AvgIpc) is 2.55. The maximum Gasteiger partial charge on any atom is 0.0254 e. The Morgan fingerprint density at radius 2 is 1.83 bits per heavy atom. The highest BCUT2D eigenvalue weighted by Gasteiger charge is 2.30. The second-order valence-electron chi connectivity index (χ2n) is 6.21. The Morgan fingerprint density at radius 1 is 1.06 bits per heavy atom. The molecule has 0 bridgehead atoms. The maximum atomic E-state index is 3.47. The highest BCUT2D eigenvalue weighted by atomic mass is 15.3. The quantitative estimate of drug-likeness (QED) is 0.772. The molecule has 4 nitrogen and oxygen atoms in total. The van der Waals surface area contributed by atoms with Gasteiger partial charge in [0.1, 0.15) is 0 Å². The van der Waals surface area contributed by atoms with Crippen molar-refractivity contribution >= 4 is 0 Å². The van der Waals surface area contributed by atoms with Crippen molar-refractivity contribution in [2.75, 3.05) is 66.5 Å². The summed E-state index contributed by atoms with van der Waals surface area (Å²) in [6, 6.07) is 0.746. The molecular formula is C14H30N4. The topological polar surface area (TPSA) is 21.8 Å². The van der Waals surface area contributed by atoms with Gasteiger partial charge in [-0.3, -0.25) is 0 Å². The lowest BCUT2D eigenvalue weighted by Gasteiger charge is -2.24. The molecule has 0 aromatic heterocycles. The van der Waals surface area contributed by atoms with Gasteiger partial charge in [0.15, 0.2) is 0 Å². The zero-order chi connectivity index (χ0) is 13.0. The van der Waals surface area contributed by atoms with Crippen molar-refractivity contribution in [3.8, 4) is 0 Å². The molecule has 4 heteroatoms. The van der Waals surface area contributed by atoms with Crippen LogP contribution in [0.4, 0.5) is 0 Å². The smallest absolute Gasteiger partial charge is 0.0254 e. The first-order chi connectivity index (χ1) is 8.66. The molecule has 1 N–H and O–H groups in total. The SMILES string of the molecule is CC1CN(CCN2CCCNCC2)CC1N(C)C. The number of hydrogen-bond acceptors (Lipinski definition) is 4. The Morgan fingerprint density at radius 3 is 2.56 bits per heavy atom. The van der Waals surface area contributed by atoms with E-state index in [1.807, 2.05) is 0 Å². The molecule has 0 radical (unpaired) electrons. The minimum Gasteiger partial charge on any atom is -0.315 e. The van der Waals surface area contributed by atoms with Crippen LogP contribution in [-0.4, -0.2) is 87.2 Å². The van der Waals surface area contributed by atoms with Gasteiger partial charge in [0, 0.05) is 45.3 Å². The van der Waals surface area contributed by atoms with Crippen LogP contribution in [0.15, 0.2) is 0 Å². The molecule has 2 unspecified atom stereocenters. The van der Waals surface area contributed by atoms with Gasteiger partial charge >= 0.3 is 0 Å². The number of likely N-dealkylation sites (N-methyl/N-ethyl adjacent to an activating group) is 1. The molecule has 2 aliphatic rings. The van der Waals surface area contributed by atoms with Crippen LogP contribution in [0, 0.1) is 5.92 Å². The van der Waals surface area contributed by atoms with Crippen LogP contribution in [0.5, 0.6) is 0 Å². The molecule has 0 spiro atoms. The third-order valence-corrected chi connectivity index (χ3v) is 4.48. The molecule has 0 amide bonds. The first kappa shape index (κ1) is 14.3. The molecule has 0 aliphatic carbocycles. The summed E-state index contributed by atoms with van der Waals surface area (Å²) in [6.45, 7) is 12.3. The molecule has 2 fully saturated rings. The molecule has 18 heavy (non-hydrogen) atoms. The van der Waals surface area contributed by atoms with Gasteiger partial charge in [-0.05, 0) is 39.5 Å². The molecular weight excluding hydrogens is 224 g/mol. The van der Waals surface area contributed by atoms with Crippen LogP contribution >= 0.6 is 0 Å². The number of likely N-dealkylation sites (tertiary alicyclic amines) is 1. The zero-order valence-electron chi connectivity index (χ0n) is 12.4. The Balaban J connectivity index is 1.70. The molecule has 2 aliphatic heterocycles. The van der Waals surface area contributed by atoms with E-state index in [1.54, 1.807) is 0 Å². The van der Waals surface area contributed by atoms with E-state index in [0.717, 1.165) is 18.5 Å². The van der Waals surface area contributed by atoms with Gasteiger partial charge in [0.2, 0.25) is 0 Å². The fraction of sp³-hybridized carbons (Fsp3) is 1.00. The molecule has 2 rings (SSSR count). The first-order valence-electron chi connectivity index (χ1n) is 7.48. The van der Waals surface area contributed by atoms with E-state index < -0.39 is 0 Å². The van der Waals surface area contributed by atoms with Crippen molar-refractivity contribution in [2.45, 2.75) is 19.4 Å². The Kier molecular flexibility index (Phi) is 5.42. The number of nitrogens with one attached hydrogen (secondary N) is 1. The summed E-state index contributed by atoms with van der Waals surface area (Å²) < 4.78 is 0. The van der Waals surface area contributed by atoms with Crippen molar-refractivity contribution in [1.82, 2.24) is 20.0 Å². The second-order valence-corrected chi connectivity index (χ2v) is 6.21. The van der Waals surface area contributed by atoms with Crippen LogP contribution < -0.4 is 5.32 Å². The van der Waals surface area contributed by atoms with Crippen LogP contribution in [-0.2, 0) is 0 Å². The van der Waals surface area contributed by atoms with Gasteiger partial charge in [0.25, 0.3) is 0 Å². The highest BCUT2D eigenvalue weighted by molar-refractivity contribution is 4.86. The van der Waals surface area contributed by atoms with Gasteiger partial charge in [-0.1, -0.05) is 6.92 Å². The molecule has 106 valence electrons. The largest absolute Gasteiger partial charge is 0.315 e. The molecule has 0 aromatic carbocycles. The predicted octanol–water partition coefficient (Wildman–Crippen LogP) is 0.164. The van der Waals surface area contributed by atoms with E-state index in [0.29, 0.717) is 0 Å². The van der Waals surface area contributed by atoms with E-state index >= 15 is 0 Å². The van der Waals surface area contributed by atoms with Crippen LogP contribution in [0.2, 0.25) is 0 Å². The molecule has 2 heterocycles. The number of nitrogens with zero attached hydrogens (tertiary/aromatic N) is 3. The normalized spacial score (nSPS) is 32.0. The maximum absolute atomic E-state index is 3.47. The van der Waals surface area contributed by atoms with Crippen molar-refractivity contribution in [3.63, 3.8) is 0 Å². The average molecular weight is 254 g/mol. The van der Waals surface area contributed by atoms with Crippen molar-refractivity contribution in [2.24, 2.45) is 5.92 Å². The van der Waals surface area contributed by atoms with E-state index in [9.17, 15) is 0 Å². The molecule has 0 aromatic rings. The third-order valence-electron chi connectivity index (χ3n) is 4.48. The minimum absolute atomic E-state index is 0.746. The van der Waals surface area contributed by atoms with Crippen LogP contribution in [0.25, 0.3) is 0 Å². The van der Waals surface area contributed by atoms with Gasteiger partial charge in [-0.15, -0.1) is 0 Å². The van der Waals surface area contributed by atoms with Gasteiger partial charge < -0.3 is 20.0 Å². The Labute approximate surface area is 112 Å². The standard InChI is InChI=1S/C14H30N4/c1-13-11-18(12-14(13)16(2)3)10-9-17-7-4-5-15-6-8-17/h13-15H,4-12H2,1-3H3. The lowest BCUT2D eigenvalue weighted by atomic mass is 10.1.